The van der Waals surface area contributed by atoms with Gasteiger partial charge in [-0.15, -0.1) is 5.10 Å². The number of carbonyl (C=O) groups is 1. The van der Waals surface area contributed by atoms with Crippen LogP contribution in [0.15, 0.2) is 36.9 Å². The van der Waals surface area contributed by atoms with Gasteiger partial charge in [0.25, 0.3) is 5.91 Å². The van der Waals surface area contributed by atoms with Gasteiger partial charge in [-0.25, -0.2) is 0 Å². The summed E-state index contributed by atoms with van der Waals surface area (Å²) in [7, 11) is 1.95. The number of hydrogen-bond acceptors (Lipinski definition) is 5. The molecule has 3 aromatic rings. The lowest BCUT2D eigenvalue weighted by molar-refractivity contribution is -0.114. The molecule has 8 nitrogen and oxygen atoms in total. The quantitative estimate of drug-likeness (QED) is 0.637. The largest absolute Gasteiger partial charge is 0.303 e. The van der Waals surface area contributed by atoms with Crippen molar-refractivity contribution in [3.63, 3.8) is 0 Å². The number of aromatic nitrogens is 6. The van der Waals surface area contributed by atoms with E-state index in [2.05, 4.69) is 27.2 Å². The predicted molar refractivity (Wildman–Crippen MR) is 105 cm³/mol. The Morgan fingerprint density at radius 2 is 2.14 bits per heavy atom. The summed E-state index contributed by atoms with van der Waals surface area (Å²) < 4.78 is 3.56. The molecule has 2 heterocycles. The Labute approximate surface area is 163 Å². The van der Waals surface area contributed by atoms with Crippen molar-refractivity contribution < 1.29 is 4.79 Å². The molecule has 1 aromatic carbocycles. The lowest BCUT2D eigenvalue weighted by Crippen LogP contribution is -2.30. The van der Waals surface area contributed by atoms with E-state index in [1.165, 1.54) is 18.1 Å². The molecule has 0 bridgehead atoms. The maximum Gasteiger partial charge on any atom is 0.250 e. The van der Waals surface area contributed by atoms with Gasteiger partial charge < -0.3 is 4.90 Å². The zero-order valence-electron chi connectivity index (χ0n) is 16.2. The molecule has 0 spiro atoms. The van der Waals surface area contributed by atoms with Crippen LogP contribution in [0.1, 0.15) is 35.6 Å². The van der Waals surface area contributed by atoms with Gasteiger partial charge in [0.05, 0.1) is 23.6 Å². The lowest BCUT2D eigenvalue weighted by Gasteiger charge is -2.23. The molecule has 4 rings (SSSR count). The molecule has 0 aliphatic heterocycles. The van der Waals surface area contributed by atoms with Gasteiger partial charge >= 0.3 is 0 Å². The minimum Gasteiger partial charge on any atom is -0.303 e. The number of anilines is 1. The minimum atomic E-state index is -0.156. The second-order valence-electron chi connectivity index (χ2n) is 6.99. The van der Waals surface area contributed by atoms with Crippen LogP contribution < -0.4 is 4.90 Å². The number of hydrogen-bond donors (Lipinski definition) is 0. The lowest BCUT2D eigenvalue weighted by atomic mass is 9.95. The third-order valence-corrected chi connectivity index (χ3v) is 5.21. The minimum absolute atomic E-state index is 0.156. The topological polar surface area (TPSA) is 81.7 Å². The highest BCUT2D eigenvalue weighted by Crippen LogP contribution is 2.27. The average Bonchev–Trinajstić information content (AvgIpc) is 3.28. The summed E-state index contributed by atoms with van der Waals surface area (Å²) >= 11 is 0. The van der Waals surface area contributed by atoms with Crippen LogP contribution in [0.3, 0.4) is 0 Å². The summed E-state index contributed by atoms with van der Waals surface area (Å²) in [6, 6.07) is 7.63. The molecule has 8 heteroatoms. The summed E-state index contributed by atoms with van der Waals surface area (Å²) in [6.45, 7) is 5.96. The highest BCUT2D eigenvalue weighted by Gasteiger charge is 2.23. The Bertz CT molecular complexity index is 1030. The van der Waals surface area contributed by atoms with Gasteiger partial charge in [-0.3, -0.25) is 9.48 Å². The van der Waals surface area contributed by atoms with E-state index in [9.17, 15) is 4.79 Å². The number of amides is 1. The number of benzene rings is 1. The highest BCUT2D eigenvalue weighted by atomic mass is 16.2. The van der Waals surface area contributed by atoms with Crippen molar-refractivity contribution in [2.24, 2.45) is 7.05 Å². The summed E-state index contributed by atoms with van der Waals surface area (Å²) in [4.78, 5) is 14.4. The third kappa shape index (κ3) is 3.21. The molecule has 1 aliphatic rings. The van der Waals surface area contributed by atoms with E-state index in [4.69, 9.17) is 0 Å². The van der Waals surface area contributed by atoms with Crippen LogP contribution in [0.2, 0.25) is 0 Å². The molecule has 28 heavy (non-hydrogen) atoms. The van der Waals surface area contributed by atoms with Gasteiger partial charge in [-0.2, -0.15) is 9.78 Å². The molecule has 144 valence electrons. The normalized spacial score (nSPS) is 13.2. The molecular formula is C20H23N7O. The first-order valence-corrected chi connectivity index (χ1v) is 9.41. The SMILES string of the molecule is C=CC(=O)N(Cc1c2c(nn1C)CCCC2)c1cccc(-n2nnnc2C)c1. The molecule has 0 N–H and O–H groups in total. The van der Waals surface area contributed by atoms with Crippen LogP contribution in [0, 0.1) is 6.92 Å². The van der Waals surface area contributed by atoms with Crippen molar-refractivity contribution in [1.29, 1.82) is 0 Å². The van der Waals surface area contributed by atoms with Crippen LogP contribution in [-0.2, 0) is 31.2 Å². The predicted octanol–water partition coefficient (Wildman–Crippen LogP) is 2.30. The zero-order valence-corrected chi connectivity index (χ0v) is 16.2. The summed E-state index contributed by atoms with van der Waals surface area (Å²) in [6.07, 6.45) is 5.70. The van der Waals surface area contributed by atoms with E-state index >= 15 is 0 Å². The second kappa shape index (κ2) is 7.38. The van der Waals surface area contributed by atoms with Crippen LogP contribution in [0.5, 0.6) is 0 Å². The number of aryl methyl sites for hydroxylation is 3. The van der Waals surface area contributed by atoms with E-state index in [0.29, 0.717) is 12.4 Å². The van der Waals surface area contributed by atoms with Crippen molar-refractivity contribution in [3.8, 4) is 5.69 Å². The number of rotatable bonds is 5. The van der Waals surface area contributed by atoms with Crippen LogP contribution in [-0.4, -0.2) is 35.9 Å². The van der Waals surface area contributed by atoms with Crippen LogP contribution in [0.4, 0.5) is 5.69 Å². The standard InChI is InChI=1S/C20H23N7O/c1-4-20(28)26(13-19-17-10-5-6-11-18(17)22-25(19)3)15-8-7-9-16(12-15)27-14(2)21-23-24-27/h4,7-9,12H,1,5-6,10-11,13H2,2-3H3. The highest BCUT2D eigenvalue weighted by molar-refractivity contribution is 6.01. The van der Waals surface area contributed by atoms with Crippen molar-refractivity contribution in [3.05, 3.63) is 59.7 Å². The molecule has 0 radical (unpaired) electrons. The Kier molecular flexibility index (Phi) is 4.77. The van der Waals surface area contributed by atoms with Crippen molar-refractivity contribution in [2.45, 2.75) is 39.2 Å². The summed E-state index contributed by atoms with van der Waals surface area (Å²) in [5.74, 6) is 0.524. The number of tetrazole rings is 1. The van der Waals surface area contributed by atoms with Gasteiger partial charge in [-0.05, 0) is 72.9 Å². The fourth-order valence-corrected chi connectivity index (χ4v) is 3.76. The molecule has 0 fully saturated rings. The fourth-order valence-electron chi connectivity index (χ4n) is 3.76. The van der Waals surface area contributed by atoms with E-state index in [0.717, 1.165) is 42.0 Å². The zero-order chi connectivity index (χ0) is 19.7. The molecule has 2 aromatic heterocycles. The molecule has 1 aliphatic carbocycles. The Morgan fingerprint density at radius 1 is 1.32 bits per heavy atom. The van der Waals surface area contributed by atoms with Crippen molar-refractivity contribution >= 4 is 11.6 Å². The van der Waals surface area contributed by atoms with Crippen LogP contribution >= 0.6 is 0 Å². The first kappa shape index (κ1) is 18.1. The molecule has 0 saturated carbocycles. The molecule has 0 saturated heterocycles. The summed E-state index contributed by atoms with van der Waals surface area (Å²) in [5, 5.41) is 16.3. The smallest absolute Gasteiger partial charge is 0.250 e. The first-order valence-electron chi connectivity index (χ1n) is 9.41. The molecule has 1 amide bonds. The number of carbonyl (C=O) groups excluding carboxylic acids is 1. The van der Waals surface area contributed by atoms with Gasteiger partial charge in [-0.1, -0.05) is 12.6 Å². The van der Waals surface area contributed by atoms with Gasteiger partial charge in [0.2, 0.25) is 0 Å². The Morgan fingerprint density at radius 3 is 2.89 bits per heavy atom. The van der Waals surface area contributed by atoms with E-state index in [1.54, 1.807) is 9.58 Å². The van der Waals surface area contributed by atoms with Gasteiger partial charge in [0.15, 0.2) is 5.82 Å². The maximum atomic E-state index is 12.7. The van der Waals surface area contributed by atoms with E-state index < -0.39 is 0 Å². The molecule has 0 unspecified atom stereocenters. The van der Waals surface area contributed by atoms with Gasteiger partial charge in [0.1, 0.15) is 0 Å². The first-order chi connectivity index (χ1) is 13.6. The van der Waals surface area contributed by atoms with Gasteiger partial charge in [0, 0.05) is 12.7 Å². The van der Waals surface area contributed by atoms with Crippen LogP contribution in [0.25, 0.3) is 5.69 Å². The number of nitrogens with zero attached hydrogens (tertiary/aromatic N) is 7. The van der Waals surface area contributed by atoms with E-state index in [1.807, 2.05) is 42.9 Å². The Hall–Kier alpha value is -3.29. The maximum absolute atomic E-state index is 12.7. The van der Waals surface area contributed by atoms with Crippen molar-refractivity contribution in [1.82, 2.24) is 30.0 Å². The fraction of sp³-hybridized carbons (Fsp3) is 0.350. The summed E-state index contributed by atoms with van der Waals surface area (Å²) in [5.41, 5.74) is 5.08. The molecular weight excluding hydrogens is 354 g/mol. The second-order valence-corrected chi connectivity index (χ2v) is 6.99. The number of fused-ring (bicyclic) bond motifs is 1. The average molecular weight is 377 g/mol. The van der Waals surface area contributed by atoms with E-state index in [-0.39, 0.29) is 5.91 Å². The Balaban J connectivity index is 1.72. The molecule has 0 atom stereocenters. The monoisotopic (exact) mass is 377 g/mol. The van der Waals surface area contributed by atoms with Crippen molar-refractivity contribution in [2.75, 3.05) is 4.90 Å². The third-order valence-electron chi connectivity index (χ3n) is 5.21.